The van der Waals surface area contributed by atoms with Gasteiger partial charge in [0.25, 0.3) is 0 Å². The Morgan fingerprint density at radius 2 is 1.73 bits per heavy atom. The molecule has 0 aliphatic carbocycles. The third kappa shape index (κ3) is 6.19. The van der Waals surface area contributed by atoms with E-state index in [4.69, 9.17) is 9.47 Å². The number of anilines is 1. The summed E-state index contributed by atoms with van der Waals surface area (Å²) in [6.45, 7) is 15.4. The number of ether oxygens (including phenoxy) is 2. The van der Waals surface area contributed by atoms with Gasteiger partial charge in [-0.25, -0.2) is 8.91 Å². The zero-order valence-corrected chi connectivity index (χ0v) is 24.7. The molecule has 0 spiro atoms. The maximum Gasteiger partial charge on any atom is 0.129 e. The predicted octanol–water partition coefficient (Wildman–Crippen LogP) is 4.54. The van der Waals surface area contributed by atoms with Gasteiger partial charge in [-0.15, -0.1) is 0 Å². The van der Waals surface area contributed by atoms with Gasteiger partial charge in [-0.2, -0.15) is 5.10 Å². The smallest absolute Gasteiger partial charge is 0.129 e. The monoisotopic (exact) mass is 552 g/mol. The summed E-state index contributed by atoms with van der Waals surface area (Å²) in [6.07, 6.45) is 5.41. The van der Waals surface area contributed by atoms with Gasteiger partial charge in [-0.3, -0.25) is 10.2 Å². The summed E-state index contributed by atoms with van der Waals surface area (Å²) < 4.78 is 29.3. The molecule has 2 aliphatic rings. The molecule has 218 valence electrons. The summed E-state index contributed by atoms with van der Waals surface area (Å²) in [5.74, 6) is -0.206. The summed E-state index contributed by atoms with van der Waals surface area (Å²) in [5, 5.41) is 7.84. The van der Waals surface area contributed by atoms with E-state index in [1.54, 1.807) is 13.2 Å². The number of methoxy groups -OCH3 is 1. The van der Waals surface area contributed by atoms with Crippen molar-refractivity contribution in [2.75, 3.05) is 64.7 Å². The van der Waals surface area contributed by atoms with Crippen molar-refractivity contribution in [1.82, 2.24) is 24.7 Å². The van der Waals surface area contributed by atoms with Gasteiger partial charge < -0.3 is 19.3 Å². The lowest BCUT2D eigenvalue weighted by Gasteiger charge is -2.42. The fraction of sp³-hybridized carbons (Fsp3) is 0.581. The summed E-state index contributed by atoms with van der Waals surface area (Å²) in [5.41, 5.74) is 4.06. The first-order valence-corrected chi connectivity index (χ1v) is 14.6. The Morgan fingerprint density at radius 3 is 2.38 bits per heavy atom. The molecular formula is C31H45FN6O2. The molecular weight excluding hydrogens is 507 g/mol. The first kappa shape index (κ1) is 29.0. The average molecular weight is 553 g/mol. The van der Waals surface area contributed by atoms with Gasteiger partial charge >= 0.3 is 0 Å². The molecule has 0 unspecified atom stereocenters. The Morgan fingerprint density at radius 1 is 0.975 bits per heavy atom. The number of piperidine rings is 1. The third-order valence-corrected chi connectivity index (χ3v) is 8.59. The van der Waals surface area contributed by atoms with Crippen LogP contribution in [0.1, 0.15) is 46.1 Å². The molecule has 8 nitrogen and oxygen atoms in total. The fourth-order valence-corrected chi connectivity index (χ4v) is 5.99. The van der Waals surface area contributed by atoms with Crippen LogP contribution >= 0.6 is 0 Å². The summed E-state index contributed by atoms with van der Waals surface area (Å²) in [4.78, 5) is 7.17. The average Bonchev–Trinajstić information content (AvgIpc) is 3.40. The number of aromatic nitrogens is 2. The van der Waals surface area contributed by atoms with Crippen molar-refractivity contribution in [3.63, 3.8) is 0 Å². The topological polar surface area (TPSA) is 57.5 Å². The number of fused-ring (bicyclic) bond motifs is 1. The standard InChI is InChI=1S/C31H45FN6O2/c1-23(2)33-21-40-22-35-14-16-37(17-15-35)29-8-11-34-38-20-26(19-30(29)38)25-6-7-27(28(32)18-25)31(39-5)9-12-36(13-10-31)24(3)4/h6-8,11,18-20,23-24,33H,9-10,12-17,21-22H2,1-5H3. The summed E-state index contributed by atoms with van der Waals surface area (Å²) in [7, 11) is 1.71. The molecule has 2 saturated heterocycles. The van der Waals surface area contributed by atoms with Crippen molar-refractivity contribution >= 4 is 11.2 Å². The Bertz CT molecular complexity index is 1260. The van der Waals surface area contributed by atoms with E-state index >= 15 is 4.39 Å². The highest BCUT2D eigenvalue weighted by Gasteiger charge is 2.39. The zero-order chi connectivity index (χ0) is 28.3. The minimum absolute atomic E-state index is 0.206. The van der Waals surface area contributed by atoms with E-state index in [-0.39, 0.29) is 5.82 Å². The molecule has 2 aliphatic heterocycles. The number of hydrogen-bond donors (Lipinski definition) is 1. The van der Waals surface area contributed by atoms with Crippen molar-refractivity contribution in [3.05, 3.63) is 54.1 Å². The van der Waals surface area contributed by atoms with E-state index in [1.807, 2.05) is 29.0 Å². The van der Waals surface area contributed by atoms with Gasteiger partial charge in [0.05, 0.1) is 23.5 Å². The summed E-state index contributed by atoms with van der Waals surface area (Å²) >= 11 is 0. The van der Waals surface area contributed by atoms with Crippen LogP contribution in [0, 0.1) is 5.82 Å². The fourth-order valence-electron chi connectivity index (χ4n) is 5.99. The van der Waals surface area contributed by atoms with E-state index in [1.165, 1.54) is 0 Å². The molecule has 2 fully saturated rings. The lowest BCUT2D eigenvalue weighted by atomic mass is 9.82. The molecule has 2 aromatic heterocycles. The Labute approximate surface area is 238 Å². The van der Waals surface area contributed by atoms with Crippen LogP contribution in [0.25, 0.3) is 16.6 Å². The lowest BCUT2D eigenvalue weighted by molar-refractivity contribution is -0.0690. The first-order chi connectivity index (χ1) is 19.3. The van der Waals surface area contributed by atoms with Crippen molar-refractivity contribution in [3.8, 4) is 11.1 Å². The minimum Gasteiger partial charge on any atom is -0.373 e. The largest absolute Gasteiger partial charge is 0.373 e. The highest BCUT2D eigenvalue weighted by atomic mass is 19.1. The predicted molar refractivity (Wildman–Crippen MR) is 158 cm³/mol. The van der Waals surface area contributed by atoms with Crippen LogP contribution in [0.2, 0.25) is 0 Å². The van der Waals surface area contributed by atoms with Crippen LogP contribution < -0.4 is 10.2 Å². The normalized spacial score (nSPS) is 18.9. The number of nitrogens with one attached hydrogen (secondary N) is 1. The Kier molecular flexibility index (Phi) is 9.07. The molecule has 4 heterocycles. The molecule has 0 bridgehead atoms. The Hall–Kier alpha value is -2.56. The first-order valence-electron chi connectivity index (χ1n) is 14.6. The van der Waals surface area contributed by atoms with Crippen LogP contribution in [0.5, 0.6) is 0 Å². The molecule has 0 amide bonds. The highest BCUT2D eigenvalue weighted by Crippen LogP contribution is 2.39. The number of piperazine rings is 1. The minimum atomic E-state index is -0.577. The number of nitrogens with zero attached hydrogens (tertiary/aromatic N) is 5. The highest BCUT2D eigenvalue weighted by molar-refractivity contribution is 5.80. The van der Waals surface area contributed by atoms with Crippen molar-refractivity contribution in [1.29, 1.82) is 0 Å². The zero-order valence-electron chi connectivity index (χ0n) is 24.7. The maximum atomic E-state index is 15.7. The van der Waals surface area contributed by atoms with Gasteiger partial charge in [-0.1, -0.05) is 12.1 Å². The second-order valence-corrected chi connectivity index (χ2v) is 11.7. The second kappa shape index (κ2) is 12.5. The van der Waals surface area contributed by atoms with Crippen molar-refractivity contribution in [2.45, 2.75) is 58.2 Å². The number of rotatable bonds is 10. The quantitative estimate of drug-likeness (QED) is 0.293. The van der Waals surface area contributed by atoms with Crippen LogP contribution in [-0.2, 0) is 15.1 Å². The Balaban J connectivity index is 1.29. The molecule has 40 heavy (non-hydrogen) atoms. The number of likely N-dealkylation sites (tertiary alicyclic amines) is 1. The molecule has 1 aromatic carbocycles. The van der Waals surface area contributed by atoms with Crippen LogP contribution in [0.3, 0.4) is 0 Å². The van der Waals surface area contributed by atoms with Gasteiger partial charge in [0.2, 0.25) is 0 Å². The van der Waals surface area contributed by atoms with Crippen LogP contribution in [0.4, 0.5) is 10.1 Å². The third-order valence-electron chi connectivity index (χ3n) is 8.59. The molecule has 0 radical (unpaired) electrons. The molecule has 0 saturated carbocycles. The maximum absolute atomic E-state index is 15.7. The van der Waals surface area contributed by atoms with Gasteiger partial charge in [-0.05, 0) is 64.3 Å². The van der Waals surface area contributed by atoms with Crippen molar-refractivity contribution in [2.24, 2.45) is 0 Å². The SMILES string of the molecule is COC1(c2ccc(-c3cc4c(N5CCN(COCNC(C)C)CC5)ccnn4c3)cc2F)CCN(C(C)C)CC1. The van der Waals surface area contributed by atoms with Gasteiger partial charge in [0.1, 0.15) is 12.5 Å². The van der Waals surface area contributed by atoms with Crippen LogP contribution in [-0.4, -0.2) is 91.3 Å². The van der Waals surface area contributed by atoms with Gasteiger partial charge in [0, 0.05) is 82.0 Å². The number of hydrogen-bond acceptors (Lipinski definition) is 7. The lowest BCUT2D eigenvalue weighted by Crippen LogP contribution is -2.47. The molecule has 1 N–H and O–H groups in total. The van der Waals surface area contributed by atoms with E-state index in [9.17, 15) is 0 Å². The van der Waals surface area contributed by atoms with Gasteiger partial charge in [0.15, 0.2) is 0 Å². The van der Waals surface area contributed by atoms with E-state index in [0.29, 0.717) is 31.1 Å². The second-order valence-electron chi connectivity index (χ2n) is 11.7. The molecule has 9 heteroatoms. The number of halogens is 1. The van der Waals surface area contributed by atoms with E-state index in [0.717, 1.165) is 74.4 Å². The van der Waals surface area contributed by atoms with E-state index in [2.05, 4.69) is 64.9 Å². The summed E-state index contributed by atoms with van der Waals surface area (Å²) in [6, 6.07) is 10.7. The molecule has 5 rings (SSSR count). The molecule has 0 atom stereocenters. The number of benzene rings is 1. The molecule has 3 aromatic rings. The van der Waals surface area contributed by atoms with Crippen molar-refractivity contribution < 1.29 is 13.9 Å². The van der Waals surface area contributed by atoms with Crippen LogP contribution in [0.15, 0.2) is 42.7 Å². The van der Waals surface area contributed by atoms with E-state index < -0.39 is 5.60 Å².